The monoisotopic (exact) mass is 293 g/mol. The third kappa shape index (κ3) is 4.72. The first kappa shape index (κ1) is 15.8. The Kier molecular flexibility index (Phi) is 6.02. The van der Waals surface area contributed by atoms with Crippen LogP contribution in [0.3, 0.4) is 0 Å². The van der Waals surface area contributed by atoms with E-state index < -0.39 is 0 Å². The van der Waals surface area contributed by atoms with E-state index in [1.54, 1.807) is 14.2 Å². The maximum absolute atomic E-state index is 12.0. The van der Waals surface area contributed by atoms with Gasteiger partial charge in [0.2, 0.25) is 5.91 Å². The highest BCUT2D eigenvalue weighted by atomic mass is 16.5. The minimum Gasteiger partial charge on any atom is -0.497 e. The number of carbonyl (C=O) groups is 1. The maximum atomic E-state index is 12.0. The zero-order valence-corrected chi connectivity index (χ0v) is 12.7. The number of methoxy groups -OCH3 is 2. The third-order valence-electron chi connectivity index (χ3n) is 3.62. The molecule has 116 valence electrons. The molecule has 0 saturated carbocycles. The van der Waals surface area contributed by atoms with E-state index in [1.807, 2.05) is 23.1 Å². The number of benzene rings is 1. The van der Waals surface area contributed by atoms with Gasteiger partial charge in [0.1, 0.15) is 12.4 Å². The molecule has 1 heterocycles. The summed E-state index contributed by atoms with van der Waals surface area (Å²) in [5.41, 5.74) is 1.20. The van der Waals surface area contributed by atoms with Crippen LogP contribution in [-0.2, 0) is 20.7 Å². The second kappa shape index (κ2) is 8.00. The molecule has 0 N–H and O–H groups in total. The molecule has 1 atom stereocenters. The summed E-state index contributed by atoms with van der Waals surface area (Å²) in [5, 5.41) is 0. The average Bonchev–Trinajstić information content (AvgIpc) is 2.73. The van der Waals surface area contributed by atoms with Crippen LogP contribution in [0.1, 0.15) is 5.56 Å². The molecule has 1 fully saturated rings. The summed E-state index contributed by atoms with van der Waals surface area (Å²) in [4.78, 5) is 13.8. The van der Waals surface area contributed by atoms with Crippen molar-refractivity contribution in [2.24, 2.45) is 5.92 Å². The topological polar surface area (TPSA) is 48.0 Å². The van der Waals surface area contributed by atoms with Crippen LogP contribution in [0, 0.1) is 5.92 Å². The molecule has 5 nitrogen and oxygen atoms in total. The van der Waals surface area contributed by atoms with Crippen LogP contribution in [0.25, 0.3) is 0 Å². The minimum absolute atomic E-state index is 0.0265. The molecular formula is C16H23NO4. The molecular weight excluding hydrogens is 270 g/mol. The van der Waals surface area contributed by atoms with E-state index >= 15 is 0 Å². The van der Waals surface area contributed by atoms with E-state index in [-0.39, 0.29) is 12.5 Å². The van der Waals surface area contributed by atoms with Crippen molar-refractivity contribution in [1.29, 1.82) is 0 Å². The van der Waals surface area contributed by atoms with Crippen molar-refractivity contribution in [2.75, 3.05) is 47.1 Å². The summed E-state index contributed by atoms with van der Waals surface area (Å²) in [7, 11) is 3.21. The Labute approximate surface area is 125 Å². The zero-order chi connectivity index (χ0) is 15.1. The van der Waals surface area contributed by atoms with Gasteiger partial charge in [-0.1, -0.05) is 12.1 Å². The number of amides is 1. The number of ether oxygens (including phenoxy) is 3. The van der Waals surface area contributed by atoms with Gasteiger partial charge in [0, 0.05) is 26.1 Å². The first-order valence-electron chi connectivity index (χ1n) is 7.20. The Morgan fingerprint density at radius 1 is 1.43 bits per heavy atom. The van der Waals surface area contributed by atoms with Crippen LogP contribution >= 0.6 is 0 Å². The minimum atomic E-state index is 0.0265. The normalized spacial score (nSPS) is 19.1. The summed E-state index contributed by atoms with van der Waals surface area (Å²) in [6, 6.07) is 8.03. The maximum Gasteiger partial charge on any atom is 0.248 e. The molecule has 0 aromatic heterocycles. The molecule has 1 aromatic rings. The summed E-state index contributed by atoms with van der Waals surface area (Å²) >= 11 is 0. The second-order valence-corrected chi connectivity index (χ2v) is 5.27. The van der Waals surface area contributed by atoms with Crippen molar-refractivity contribution in [1.82, 2.24) is 4.90 Å². The van der Waals surface area contributed by atoms with E-state index in [0.717, 1.165) is 12.2 Å². The van der Waals surface area contributed by atoms with Crippen molar-refractivity contribution in [3.8, 4) is 5.75 Å². The quantitative estimate of drug-likeness (QED) is 0.822. The number of nitrogens with zero attached hydrogens (tertiary/aromatic N) is 1. The fourth-order valence-electron chi connectivity index (χ4n) is 2.58. The predicted octanol–water partition coefficient (Wildman–Crippen LogP) is 1.36. The first-order chi connectivity index (χ1) is 10.2. The van der Waals surface area contributed by atoms with Crippen molar-refractivity contribution in [2.45, 2.75) is 6.42 Å². The number of hydrogen-bond acceptors (Lipinski definition) is 4. The molecule has 1 amide bonds. The highest BCUT2D eigenvalue weighted by Crippen LogP contribution is 2.18. The molecule has 1 saturated heterocycles. The fourth-order valence-corrected chi connectivity index (χ4v) is 2.58. The largest absolute Gasteiger partial charge is 0.497 e. The SMILES string of the molecule is COCC(=O)N1CCOC[C@@H](Cc2cccc(OC)c2)C1. The molecule has 0 unspecified atom stereocenters. The van der Waals surface area contributed by atoms with Gasteiger partial charge in [-0.05, 0) is 24.1 Å². The summed E-state index contributed by atoms with van der Waals surface area (Å²) in [6.45, 7) is 2.74. The van der Waals surface area contributed by atoms with Crippen molar-refractivity contribution in [3.05, 3.63) is 29.8 Å². The van der Waals surface area contributed by atoms with E-state index in [4.69, 9.17) is 14.2 Å². The van der Waals surface area contributed by atoms with Crippen LogP contribution in [0.2, 0.25) is 0 Å². The summed E-state index contributed by atoms with van der Waals surface area (Å²) in [6.07, 6.45) is 0.869. The molecule has 0 spiro atoms. The zero-order valence-electron chi connectivity index (χ0n) is 12.7. The van der Waals surface area contributed by atoms with Gasteiger partial charge in [-0.3, -0.25) is 4.79 Å². The predicted molar refractivity (Wildman–Crippen MR) is 79.5 cm³/mol. The lowest BCUT2D eigenvalue weighted by atomic mass is 9.99. The number of rotatable bonds is 5. The van der Waals surface area contributed by atoms with Crippen LogP contribution in [0.4, 0.5) is 0 Å². The molecule has 1 aromatic carbocycles. The molecule has 0 radical (unpaired) electrons. The highest BCUT2D eigenvalue weighted by Gasteiger charge is 2.22. The Hall–Kier alpha value is -1.59. The van der Waals surface area contributed by atoms with E-state index in [9.17, 15) is 4.79 Å². The van der Waals surface area contributed by atoms with Gasteiger partial charge in [-0.15, -0.1) is 0 Å². The van der Waals surface area contributed by atoms with Crippen LogP contribution in [0.5, 0.6) is 5.75 Å². The lowest BCUT2D eigenvalue weighted by molar-refractivity contribution is -0.135. The van der Waals surface area contributed by atoms with Gasteiger partial charge >= 0.3 is 0 Å². The standard InChI is InChI=1S/C16H23NO4/c1-19-12-16(18)17-6-7-21-11-14(10-17)8-13-4-3-5-15(9-13)20-2/h3-5,9,14H,6-8,10-12H2,1-2H3/t14-/m0/s1. The molecule has 1 aliphatic rings. The Balaban J connectivity index is 1.99. The Bertz CT molecular complexity index is 463. The third-order valence-corrected chi connectivity index (χ3v) is 3.62. The van der Waals surface area contributed by atoms with E-state index in [2.05, 4.69) is 6.07 Å². The lowest BCUT2D eigenvalue weighted by Crippen LogP contribution is -2.38. The smallest absolute Gasteiger partial charge is 0.248 e. The second-order valence-electron chi connectivity index (χ2n) is 5.27. The van der Waals surface area contributed by atoms with Gasteiger partial charge in [0.05, 0.1) is 20.3 Å². The van der Waals surface area contributed by atoms with Crippen molar-refractivity contribution < 1.29 is 19.0 Å². The molecule has 1 aliphatic heterocycles. The van der Waals surface area contributed by atoms with Crippen LogP contribution in [0.15, 0.2) is 24.3 Å². The van der Waals surface area contributed by atoms with Gasteiger partial charge in [0.15, 0.2) is 0 Å². The first-order valence-corrected chi connectivity index (χ1v) is 7.20. The van der Waals surface area contributed by atoms with Crippen molar-refractivity contribution >= 4 is 5.91 Å². The van der Waals surface area contributed by atoms with Gasteiger partial charge < -0.3 is 19.1 Å². The molecule has 21 heavy (non-hydrogen) atoms. The Morgan fingerprint density at radius 3 is 3.05 bits per heavy atom. The van der Waals surface area contributed by atoms with Crippen LogP contribution in [-0.4, -0.2) is 57.9 Å². The molecule has 0 aliphatic carbocycles. The number of carbonyl (C=O) groups excluding carboxylic acids is 1. The van der Waals surface area contributed by atoms with E-state index in [1.165, 1.54) is 5.56 Å². The molecule has 5 heteroatoms. The van der Waals surface area contributed by atoms with Gasteiger partial charge in [0.25, 0.3) is 0 Å². The Morgan fingerprint density at radius 2 is 2.29 bits per heavy atom. The lowest BCUT2D eigenvalue weighted by Gasteiger charge is -2.23. The summed E-state index contributed by atoms with van der Waals surface area (Å²) in [5.74, 6) is 1.17. The van der Waals surface area contributed by atoms with Gasteiger partial charge in [-0.2, -0.15) is 0 Å². The highest BCUT2D eigenvalue weighted by molar-refractivity contribution is 5.77. The molecule has 0 bridgehead atoms. The van der Waals surface area contributed by atoms with Crippen LogP contribution < -0.4 is 4.74 Å². The van der Waals surface area contributed by atoms with E-state index in [0.29, 0.717) is 32.2 Å². The fraction of sp³-hybridized carbons (Fsp3) is 0.562. The molecule has 2 rings (SSSR count). The summed E-state index contributed by atoms with van der Waals surface area (Å²) < 4.78 is 15.8. The van der Waals surface area contributed by atoms with Crippen molar-refractivity contribution in [3.63, 3.8) is 0 Å². The number of hydrogen-bond donors (Lipinski definition) is 0. The average molecular weight is 293 g/mol. The van der Waals surface area contributed by atoms with Gasteiger partial charge in [-0.25, -0.2) is 0 Å².